The summed E-state index contributed by atoms with van der Waals surface area (Å²) in [4.78, 5) is 29.3. The van der Waals surface area contributed by atoms with Gasteiger partial charge in [0.25, 0.3) is 11.6 Å². The molecular weight excluding hydrogens is 532 g/mol. The molecule has 10 nitrogen and oxygen atoms in total. The number of nitro groups is 1. The van der Waals surface area contributed by atoms with Crippen molar-refractivity contribution >= 4 is 23.2 Å². The fourth-order valence-corrected chi connectivity index (χ4v) is 4.84. The number of allylic oxidation sites excluding steroid dienone is 1. The second-order valence-electron chi connectivity index (χ2n) is 9.74. The van der Waals surface area contributed by atoms with Crippen LogP contribution in [0, 0.1) is 10.1 Å². The SMILES string of the molecule is CC1=C(C(=O)Nc2ccccc2)C(c2ccc(OCc3ccccc3)cc2)n2nc(-c3cccc([N+](=O)[O-])c3)nc2N1. The van der Waals surface area contributed by atoms with E-state index in [4.69, 9.17) is 9.84 Å². The van der Waals surface area contributed by atoms with Crippen LogP contribution in [0.25, 0.3) is 11.4 Å². The number of non-ortho nitro benzene ring substituents is 1. The molecular formula is C32H26N6O4. The van der Waals surface area contributed by atoms with Crippen molar-refractivity contribution in [1.29, 1.82) is 0 Å². The van der Waals surface area contributed by atoms with Crippen LogP contribution in [0.15, 0.2) is 120 Å². The molecule has 208 valence electrons. The lowest BCUT2D eigenvalue weighted by atomic mass is 9.95. The average molecular weight is 559 g/mol. The molecule has 1 unspecified atom stereocenters. The molecule has 10 heteroatoms. The number of anilines is 2. The molecule has 5 aromatic rings. The van der Waals surface area contributed by atoms with Gasteiger partial charge in [-0.1, -0.05) is 72.8 Å². The highest BCUT2D eigenvalue weighted by molar-refractivity contribution is 6.06. The van der Waals surface area contributed by atoms with Crippen molar-refractivity contribution in [3.63, 3.8) is 0 Å². The van der Waals surface area contributed by atoms with Gasteiger partial charge in [0.05, 0.1) is 10.5 Å². The number of benzene rings is 4. The Morgan fingerprint density at radius 3 is 2.40 bits per heavy atom. The third-order valence-electron chi connectivity index (χ3n) is 6.89. The van der Waals surface area contributed by atoms with Crippen molar-refractivity contribution in [2.45, 2.75) is 19.6 Å². The van der Waals surface area contributed by atoms with E-state index in [0.717, 1.165) is 11.1 Å². The average Bonchev–Trinajstić information content (AvgIpc) is 3.44. The van der Waals surface area contributed by atoms with Crippen LogP contribution in [0.5, 0.6) is 5.75 Å². The van der Waals surface area contributed by atoms with Crippen molar-refractivity contribution in [3.8, 4) is 17.1 Å². The first-order valence-electron chi connectivity index (χ1n) is 13.3. The fourth-order valence-electron chi connectivity index (χ4n) is 4.84. The number of nitro benzene ring substituents is 1. The molecule has 0 spiro atoms. The Hall–Kier alpha value is -5.77. The fraction of sp³-hybridized carbons (Fsp3) is 0.0938. The third-order valence-corrected chi connectivity index (χ3v) is 6.89. The van der Waals surface area contributed by atoms with Crippen LogP contribution in [0.1, 0.15) is 24.1 Å². The van der Waals surface area contributed by atoms with Crippen molar-refractivity contribution in [2.24, 2.45) is 0 Å². The van der Waals surface area contributed by atoms with E-state index in [1.165, 1.54) is 12.1 Å². The third kappa shape index (κ3) is 5.46. The Balaban J connectivity index is 1.37. The number of fused-ring (bicyclic) bond motifs is 1. The summed E-state index contributed by atoms with van der Waals surface area (Å²) in [6.07, 6.45) is 0. The Labute approximate surface area is 241 Å². The molecule has 0 saturated carbocycles. The summed E-state index contributed by atoms with van der Waals surface area (Å²) < 4.78 is 7.62. The van der Waals surface area contributed by atoms with Gasteiger partial charge in [0.15, 0.2) is 5.82 Å². The van der Waals surface area contributed by atoms with E-state index < -0.39 is 11.0 Å². The number of hydrogen-bond donors (Lipinski definition) is 2. The van der Waals surface area contributed by atoms with Crippen LogP contribution in [-0.4, -0.2) is 25.6 Å². The molecule has 0 aliphatic carbocycles. The summed E-state index contributed by atoms with van der Waals surface area (Å²) in [6, 6.07) is 32.1. The first kappa shape index (κ1) is 26.5. The second kappa shape index (κ2) is 11.4. The van der Waals surface area contributed by atoms with Crippen LogP contribution in [-0.2, 0) is 11.4 Å². The van der Waals surface area contributed by atoms with Gasteiger partial charge in [-0.05, 0) is 42.3 Å². The number of ether oxygens (including phenoxy) is 1. The van der Waals surface area contributed by atoms with Crippen LogP contribution in [0.3, 0.4) is 0 Å². The maximum atomic E-state index is 13.7. The molecule has 0 radical (unpaired) electrons. The number of para-hydroxylation sites is 1. The molecule has 0 saturated heterocycles. The van der Waals surface area contributed by atoms with Gasteiger partial charge in [-0.2, -0.15) is 4.98 Å². The predicted octanol–water partition coefficient (Wildman–Crippen LogP) is 6.36. The van der Waals surface area contributed by atoms with Crippen molar-refractivity contribution < 1.29 is 14.5 Å². The molecule has 42 heavy (non-hydrogen) atoms. The number of rotatable bonds is 8. The molecule has 1 aliphatic rings. The molecule has 0 fully saturated rings. The first-order chi connectivity index (χ1) is 20.5. The van der Waals surface area contributed by atoms with Gasteiger partial charge in [-0.3, -0.25) is 14.9 Å². The largest absolute Gasteiger partial charge is 0.489 e. The molecule has 4 aromatic carbocycles. The van der Waals surface area contributed by atoms with Gasteiger partial charge in [-0.25, -0.2) is 4.68 Å². The highest BCUT2D eigenvalue weighted by Crippen LogP contribution is 2.37. The molecule has 2 N–H and O–H groups in total. The Kier molecular flexibility index (Phi) is 7.17. The van der Waals surface area contributed by atoms with Gasteiger partial charge < -0.3 is 15.4 Å². The van der Waals surface area contributed by atoms with E-state index in [2.05, 4.69) is 15.6 Å². The number of hydrogen-bond acceptors (Lipinski definition) is 7. The van der Waals surface area contributed by atoms with Crippen LogP contribution >= 0.6 is 0 Å². The summed E-state index contributed by atoms with van der Waals surface area (Å²) >= 11 is 0. The maximum Gasteiger partial charge on any atom is 0.270 e. The number of carbonyl (C=O) groups excluding carboxylic acids is 1. The monoisotopic (exact) mass is 558 g/mol. The van der Waals surface area contributed by atoms with E-state index in [1.54, 1.807) is 16.8 Å². The van der Waals surface area contributed by atoms with E-state index in [-0.39, 0.29) is 11.6 Å². The molecule has 1 atom stereocenters. The topological polar surface area (TPSA) is 124 Å². The number of amides is 1. The van der Waals surface area contributed by atoms with E-state index in [0.29, 0.717) is 46.7 Å². The molecule has 1 aromatic heterocycles. The van der Waals surface area contributed by atoms with Gasteiger partial charge in [0, 0.05) is 29.1 Å². The lowest BCUT2D eigenvalue weighted by molar-refractivity contribution is -0.384. The van der Waals surface area contributed by atoms with Gasteiger partial charge in [0.2, 0.25) is 5.95 Å². The standard InChI is InChI=1S/C32H26N6O4/c1-21-28(31(39)34-25-12-6-3-7-13-25)29(23-15-17-27(18-16-23)42-20-22-9-4-2-5-10-22)37-32(33-21)35-30(36-37)24-11-8-14-26(19-24)38(40)41/h2-19,29H,20H2,1H3,(H,34,39)(H,33,35,36). The zero-order valence-electron chi connectivity index (χ0n) is 22.6. The Bertz CT molecular complexity index is 1780. The number of carbonyl (C=O) groups is 1. The summed E-state index contributed by atoms with van der Waals surface area (Å²) in [5, 5.41) is 22.3. The van der Waals surface area contributed by atoms with Gasteiger partial charge >= 0.3 is 0 Å². The zero-order valence-corrected chi connectivity index (χ0v) is 22.6. The number of nitrogens with zero attached hydrogens (tertiary/aromatic N) is 4. The van der Waals surface area contributed by atoms with Crippen LogP contribution < -0.4 is 15.4 Å². The molecule has 0 bridgehead atoms. The molecule has 1 amide bonds. The van der Waals surface area contributed by atoms with E-state index in [9.17, 15) is 14.9 Å². The molecule has 2 heterocycles. The zero-order chi connectivity index (χ0) is 29.1. The minimum atomic E-state index is -0.631. The molecule has 6 rings (SSSR count). The quantitative estimate of drug-likeness (QED) is 0.168. The Morgan fingerprint density at radius 1 is 0.976 bits per heavy atom. The minimum absolute atomic E-state index is 0.0619. The summed E-state index contributed by atoms with van der Waals surface area (Å²) in [6.45, 7) is 2.24. The van der Waals surface area contributed by atoms with Crippen molar-refractivity contribution in [1.82, 2.24) is 14.8 Å². The lowest BCUT2D eigenvalue weighted by Crippen LogP contribution is -2.31. The van der Waals surface area contributed by atoms with Crippen molar-refractivity contribution in [3.05, 3.63) is 142 Å². The summed E-state index contributed by atoms with van der Waals surface area (Å²) in [7, 11) is 0. The normalized spacial score (nSPS) is 14.1. The van der Waals surface area contributed by atoms with E-state index >= 15 is 0 Å². The highest BCUT2D eigenvalue weighted by Gasteiger charge is 2.34. The van der Waals surface area contributed by atoms with Gasteiger partial charge in [-0.15, -0.1) is 5.10 Å². The number of nitrogens with one attached hydrogen (secondary N) is 2. The minimum Gasteiger partial charge on any atom is -0.489 e. The summed E-state index contributed by atoms with van der Waals surface area (Å²) in [5.74, 6) is 1.11. The molecule has 1 aliphatic heterocycles. The van der Waals surface area contributed by atoms with Crippen molar-refractivity contribution in [2.75, 3.05) is 10.6 Å². The Morgan fingerprint density at radius 2 is 1.69 bits per heavy atom. The highest BCUT2D eigenvalue weighted by atomic mass is 16.6. The predicted molar refractivity (Wildman–Crippen MR) is 159 cm³/mol. The summed E-state index contributed by atoms with van der Waals surface area (Å²) in [5.41, 5.74) is 4.01. The lowest BCUT2D eigenvalue weighted by Gasteiger charge is -2.28. The van der Waals surface area contributed by atoms with Gasteiger partial charge in [0.1, 0.15) is 18.4 Å². The smallest absolute Gasteiger partial charge is 0.270 e. The first-order valence-corrected chi connectivity index (χ1v) is 13.3. The number of aromatic nitrogens is 3. The van der Waals surface area contributed by atoms with Crippen LogP contribution in [0.4, 0.5) is 17.3 Å². The maximum absolute atomic E-state index is 13.7. The van der Waals surface area contributed by atoms with Crippen LogP contribution in [0.2, 0.25) is 0 Å². The second-order valence-corrected chi connectivity index (χ2v) is 9.74. The van der Waals surface area contributed by atoms with E-state index in [1.807, 2.05) is 91.9 Å².